The number of hydrogen-bond donors (Lipinski definition) is 1. The molecule has 0 amide bonds. The fourth-order valence-corrected chi connectivity index (χ4v) is 4.20. The van der Waals surface area contributed by atoms with Gasteiger partial charge in [-0.05, 0) is 23.1 Å². The molecular formula is C29H35NOSi. The Morgan fingerprint density at radius 3 is 2.28 bits per heavy atom. The topological polar surface area (TPSA) is 32.9 Å². The molecule has 0 spiro atoms. The number of benzene rings is 2. The predicted octanol–water partition coefficient (Wildman–Crippen LogP) is 8.12. The fraction of sp³-hybridized carbons (Fsp3) is 0.345. The van der Waals surface area contributed by atoms with Gasteiger partial charge in [0.2, 0.25) is 0 Å². The highest BCUT2D eigenvalue weighted by Crippen LogP contribution is 2.36. The van der Waals surface area contributed by atoms with Crippen molar-refractivity contribution in [1.29, 1.82) is 0 Å². The Morgan fingerprint density at radius 2 is 1.62 bits per heavy atom. The van der Waals surface area contributed by atoms with Crippen molar-refractivity contribution < 1.29 is 4.79 Å². The summed E-state index contributed by atoms with van der Waals surface area (Å²) in [6.07, 6.45) is 2.51. The van der Waals surface area contributed by atoms with Crippen LogP contribution in [0.25, 0.3) is 22.4 Å². The van der Waals surface area contributed by atoms with E-state index in [1.807, 2.05) is 30.3 Å². The van der Waals surface area contributed by atoms with Crippen LogP contribution in [0.2, 0.25) is 18.1 Å². The lowest BCUT2D eigenvalue weighted by Gasteiger charge is -2.31. The Kier molecular flexibility index (Phi) is 7.26. The molecule has 1 aromatic heterocycles. The zero-order chi connectivity index (χ0) is 23.4. The molecule has 0 fully saturated rings. The van der Waals surface area contributed by atoms with Crippen LogP contribution in [-0.4, -0.2) is 18.8 Å². The molecule has 0 aliphatic carbocycles. The highest BCUT2D eigenvalue weighted by Gasteiger charge is 2.33. The minimum atomic E-state index is -1.76. The van der Waals surface area contributed by atoms with E-state index in [9.17, 15) is 4.79 Å². The summed E-state index contributed by atoms with van der Waals surface area (Å²) in [6.45, 7) is 13.6. The van der Waals surface area contributed by atoms with E-state index in [-0.39, 0.29) is 10.8 Å². The fourth-order valence-electron chi connectivity index (χ4n) is 3.38. The van der Waals surface area contributed by atoms with Gasteiger partial charge in [0.05, 0.1) is 5.69 Å². The van der Waals surface area contributed by atoms with Gasteiger partial charge in [-0.2, -0.15) is 0 Å². The molecule has 3 heteroatoms. The molecule has 32 heavy (non-hydrogen) atoms. The maximum atomic E-state index is 12.9. The second kappa shape index (κ2) is 9.75. The average molecular weight is 442 g/mol. The van der Waals surface area contributed by atoms with Crippen molar-refractivity contribution in [3.05, 3.63) is 71.9 Å². The normalized spacial score (nSPS) is 11.7. The first-order valence-electron chi connectivity index (χ1n) is 11.6. The van der Waals surface area contributed by atoms with Gasteiger partial charge in [0.15, 0.2) is 5.78 Å². The van der Waals surface area contributed by atoms with Gasteiger partial charge in [-0.25, -0.2) is 0 Å². The van der Waals surface area contributed by atoms with Crippen molar-refractivity contribution in [2.24, 2.45) is 0 Å². The van der Waals surface area contributed by atoms with Gasteiger partial charge >= 0.3 is 0 Å². The zero-order valence-corrected chi connectivity index (χ0v) is 21.3. The number of H-pyrrole nitrogens is 1. The first-order chi connectivity index (χ1) is 15.1. The summed E-state index contributed by atoms with van der Waals surface area (Å²) in [5.74, 6) is 3.70. The number of Topliss-reactive ketones (excluding diaryl/α,β-unsaturated/α-hetero) is 1. The number of hydrogen-bond acceptors (Lipinski definition) is 1. The SMILES string of the molecule is CCCCC(=O)c1ccccc1-c1cc(-c2ccccc2)c(C#C[Si](C)(C)C(C)(C)C)[nH]1. The van der Waals surface area contributed by atoms with Crippen LogP contribution in [0.3, 0.4) is 0 Å². The van der Waals surface area contributed by atoms with E-state index in [1.54, 1.807) is 0 Å². The van der Waals surface area contributed by atoms with Crippen LogP contribution in [0.4, 0.5) is 0 Å². The van der Waals surface area contributed by atoms with Crippen molar-refractivity contribution in [1.82, 2.24) is 4.98 Å². The average Bonchev–Trinajstić information content (AvgIpc) is 3.20. The predicted molar refractivity (Wildman–Crippen MR) is 140 cm³/mol. The van der Waals surface area contributed by atoms with Crippen molar-refractivity contribution >= 4 is 13.9 Å². The molecule has 1 heterocycles. The van der Waals surface area contributed by atoms with Crippen molar-refractivity contribution in [3.8, 4) is 33.8 Å². The number of aromatic nitrogens is 1. The number of carbonyl (C=O) groups is 1. The van der Waals surface area contributed by atoms with E-state index in [4.69, 9.17) is 0 Å². The summed E-state index contributed by atoms with van der Waals surface area (Å²) in [7, 11) is -1.76. The zero-order valence-electron chi connectivity index (χ0n) is 20.3. The third-order valence-electron chi connectivity index (χ3n) is 6.55. The first-order valence-corrected chi connectivity index (χ1v) is 14.6. The van der Waals surface area contributed by atoms with Crippen molar-refractivity contribution in [2.75, 3.05) is 0 Å². The number of nitrogens with one attached hydrogen (secondary N) is 1. The number of rotatable bonds is 6. The summed E-state index contributed by atoms with van der Waals surface area (Å²) >= 11 is 0. The lowest BCUT2D eigenvalue weighted by atomic mass is 9.97. The standard InChI is InChI=1S/C29H35NOSi/c1-7-8-18-28(31)24-17-13-12-16-23(24)27-21-25(22-14-10-9-11-15-22)26(30-27)19-20-32(5,6)29(2,3)4/h9-17,21,30H,7-8,18H2,1-6H3. The molecule has 3 aromatic rings. The van der Waals surface area contributed by atoms with Crippen LogP contribution in [0.15, 0.2) is 60.7 Å². The Labute approximate surface area is 194 Å². The van der Waals surface area contributed by atoms with Gasteiger partial charge in [0, 0.05) is 28.8 Å². The number of carbonyl (C=O) groups excluding carboxylic acids is 1. The third kappa shape index (κ3) is 5.31. The molecule has 0 aliphatic rings. The lowest BCUT2D eigenvalue weighted by molar-refractivity contribution is 0.0980. The molecule has 1 N–H and O–H groups in total. The maximum absolute atomic E-state index is 12.9. The van der Waals surface area contributed by atoms with Gasteiger partial charge in [-0.3, -0.25) is 4.79 Å². The minimum absolute atomic E-state index is 0.195. The monoisotopic (exact) mass is 441 g/mol. The molecule has 2 nitrogen and oxygen atoms in total. The van der Waals surface area contributed by atoms with Crippen molar-refractivity contribution in [2.45, 2.75) is 65.1 Å². The smallest absolute Gasteiger partial charge is 0.163 e. The van der Waals surface area contributed by atoms with Crippen LogP contribution in [0.1, 0.15) is 63.0 Å². The Bertz CT molecular complexity index is 1140. The highest BCUT2D eigenvalue weighted by molar-refractivity contribution is 6.87. The van der Waals surface area contributed by atoms with Crippen LogP contribution in [0, 0.1) is 11.5 Å². The summed E-state index contributed by atoms with van der Waals surface area (Å²) in [6, 6.07) is 20.4. The Balaban J connectivity index is 2.13. The largest absolute Gasteiger partial charge is 0.348 e. The third-order valence-corrected chi connectivity index (χ3v) is 11.1. The number of ketones is 1. The summed E-state index contributed by atoms with van der Waals surface area (Å²) in [5.41, 5.74) is 9.47. The van der Waals surface area contributed by atoms with Gasteiger partial charge in [0.25, 0.3) is 0 Å². The molecule has 0 atom stereocenters. The van der Waals surface area contributed by atoms with E-state index < -0.39 is 8.07 Å². The van der Waals surface area contributed by atoms with Gasteiger partial charge < -0.3 is 4.98 Å². The van der Waals surface area contributed by atoms with Gasteiger partial charge in [-0.15, -0.1) is 5.54 Å². The molecule has 0 bridgehead atoms. The van der Waals surface area contributed by atoms with E-state index in [0.717, 1.165) is 46.5 Å². The second-order valence-electron chi connectivity index (χ2n) is 10.0. The van der Waals surface area contributed by atoms with E-state index in [0.29, 0.717) is 6.42 Å². The molecule has 2 aromatic carbocycles. The summed E-state index contributed by atoms with van der Waals surface area (Å²) in [4.78, 5) is 16.5. The lowest BCUT2D eigenvalue weighted by Crippen LogP contribution is -2.35. The quantitative estimate of drug-likeness (QED) is 0.234. The van der Waals surface area contributed by atoms with E-state index in [2.05, 4.69) is 87.6 Å². The number of aromatic amines is 1. The van der Waals surface area contributed by atoms with Crippen LogP contribution >= 0.6 is 0 Å². The van der Waals surface area contributed by atoms with Gasteiger partial charge in [0.1, 0.15) is 8.07 Å². The number of unbranched alkanes of at least 4 members (excludes halogenated alkanes) is 1. The molecule has 0 saturated heterocycles. The van der Waals surface area contributed by atoms with Gasteiger partial charge in [-0.1, -0.05) is 108 Å². The summed E-state index contributed by atoms with van der Waals surface area (Å²) in [5, 5.41) is 0.195. The van der Waals surface area contributed by atoms with E-state index >= 15 is 0 Å². The molecule has 3 rings (SSSR count). The Hall–Kier alpha value is -2.83. The molecule has 0 aliphatic heterocycles. The second-order valence-corrected chi connectivity index (χ2v) is 15.0. The maximum Gasteiger partial charge on any atom is 0.163 e. The molecule has 0 saturated carbocycles. The highest BCUT2D eigenvalue weighted by atomic mass is 28.3. The van der Waals surface area contributed by atoms with E-state index in [1.165, 1.54) is 0 Å². The Morgan fingerprint density at radius 1 is 0.969 bits per heavy atom. The molecule has 0 unspecified atom stereocenters. The first kappa shape index (κ1) is 23.8. The molecule has 0 radical (unpaired) electrons. The van der Waals surface area contributed by atoms with Crippen LogP contribution in [-0.2, 0) is 0 Å². The minimum Gasteiger partial charge on any atom is -0.348 e. The summed E-state index contributed by atoms with van der Waals surface area (Å²) < 4.78 is 0. The van der Waals surface area contributed by atoms with Crippen LogP contribution in [0.5, 0.6) is 0 Å². The molecular weight excluding hydrogens is 406 g/mol. The molecule has 166 valence electrons. The van der Waals surface area contributed by atoms with Crippen LogP contribution < -0.4 is 0 Å². The van der Waals surface area contributed by atoms with Crippen molar-refractivity contribution in [3.63, 3.8) is 0 Å².